The van der Waals surface area contributed by atoms with Crippen molar-refractivity contribution in [2.45, 2.75) is 38.6 Å². The van der Waals surface area contributed by atoms with E-state index in [2.05, 4.69) is 23.5 Å². The summed E-state index contributed by atoms with van der Waals surface area (Å²) in [5.74, 6) is 0.128. The molecule has 0 spiro atoms. The predicted octanol–water partition coefficient (Wildman–Crippen LogP) is 2.21. The molecule has 1 aromatic rings. The topological polar surface area (TPSA) is 52.9 Å². The van der Waals surface area contributed by atoms with Crippen molar-refractivity contribution in [2.24, 2.45) is 5.92 Å². The minimum atomic E-state index is -0.00814. The van der Waals surface area contributed by atoms with Gasteiger partial charge in [-0.15, -0.1) is 0 Å². The molecule has 0 saturated carbocycles. The monoisotopic (exact) mass is 242 g/mol. The van der Waals surface area contributed by atoms with Crippen molar-refractivity contribution >= 4 is 5.91 Å². The molecule has 0 saturated heterocycles. The zero-order chi connectivity index (χ0) is 13.0. The first-order chi connectivity index (χ1) is 8.74. The molecule has 2 rings (SSSR count). The second kappa shape index (κ2) is 5.68. The van der Waals surface area contributed by atoms with E-state index in [-0.39, 0.29) is 17.9 Å². The number of nitrogens with zero attached hydrogens (tertiary/aromatic N) is 1. The highest BCUT2D eigenvalue weighted by molar-refractivity contribution is 5.80. The Morgan fingerprint density at radius 1 is 1.44 bits per heavy atom. The van der Waals surface area contributed by atoms with E-state index >= 15 is 0 Å². The summed E-state index contributed by atoms with van der Waals surface area (Å²) >= 11 is 0. The molecule has 1 aliphatic rings. The van der Waals surface area contributed by atoms with Crippen LogP contribution in [0.3, 0.4) is 0 Å². The summed E-state index contributed by atoms with van der Waals surface area (Å²) in [7, 11) is 0. The van der Waals surface area contributed by atoms with Crippen molar-refractivity contribution in [3.63, 3.8) is 0 Å². The molecule has 94 valence electrons. The second-order valence-electron chi connectivity index (χ2n) is 4.85. The van der Waals surface area contributed by atoms with Crippen LogP contribution in [-0.2, 0) is 17.6 Å². The van der Waals surface area contributed by atoms with Crippen molar-refractivity contribution in [1.29, 1.82) is 5.26 Å². The van der Waals surface area contributed by atoms with Gasteiger partial charge in [-0.25, -0.2) is 0 Å². The summed E-state index contributed by atoms with van der Waals surface area (Å²) in [4.78, 5) is 12.1. The Bertz CT molecular complexity index is 451. The predicted molar refractivity (Wildman–Crippen MR) is 69.8 cm³/mol. The minimum absolute atomic E-state index is 0.00814. The average Bonchev–Trinajstić information content (AvgIpc) is 2.82. The van der Waals surface area contributed by atoms with E-state index in [0.29, 0.717) is 6.42 Å². The third-order valence-corrected chi connectivity index (χ3v) is 3.60. The lowest BCUT2D eigenvalue weighted by molar-refractivity contribution is -0.125. The molecule has 0 aliphatic heterocycles. The zero-order valence-corrected chi connectivity index (χ0v) is 10.6. The van der Waals surface area contributed by atoms with Crippen LogP contribution in [0.5, 0.6) is 0 Å². The number of nitriles is 1. The van der Waals surface area contributed by atoms with Crippen LogP contribution in [0.1, 0.15) is 30.9 Å². The lowest BCUT2D eigenvalue weighted by atomic mass is 10.0. The van der Waals surface area contributed by atoms with Crippen molar-refractivity contribution in [2.75, 3.05) is 0 Å². The average molecular weight is 242 g/mol. The first kappa shape index (κ1) is 12.6. The van der Waals surface area contributed by atoms with E-state index in [0.717, 1.165) is 19.3 Å². The number of benzene rings is 1. The number of nitrogens with one attached hydrogen (secondary N) is 1. The van der Waals surface area contributed by atoms with Crippen molar-refractivity contribution in [3.05, 3.63) is 35.4 Å². The Morgan fingerprint density at radius 3 is 2.56 bits per heavy atom. The fourth-order valence-electron chi connectivity index (χ4n) is 2.47. The SMILES string of the molecule is CCC(CC#N)NC(=O)C1Cc2ccccc2C1. The summed E-state index contributed by atoms with van der Waals surface area (Å²) < 4.78 is 0. The summed E-state index contributed by atoms with van der Waals surface area (Å²) in [6.07, 6.45) is 2.84. The van der Waals surface area contributed by atoms with Gasteiger partial charge < -0.3 is 5.32 Å². The molecule has 1 aliphatic carbocycles. The maximum Gasteiger partial charge on any atom is 0.224 e. The van der Waals surface area contributed by atoms with Crippen molar-refractivity contribution in [1.82, 2.24) is 5.32 Å². The molecule has 1 atom stereocenters. The van der Waals surface area contributed by atoms with Gasteiger partial charge in [0.05, 0.1) is 12.5 Å². The third kappa shape index (κ3) is 2.70. The Balaban J connectivity index is 1.95. The number of amides is 1. The smallest absolute Gasteiger partial charge is 0.224 e. The van der Waals surface area contributed by atoms with E-state index in [1.807, 2.05) is 19.1 Å². The van der Waals surface area contributed by atoms with Crippen LogP contribution in [-0.4, -0.2) is 11.9 Å². The van der Waals surface area contributed by atoms with Crippen LogP contribution in [0.4, 0.5) is 0 Å². The fraction of sp³-hybridized carbons (Fsp3) is 0.467. The lowest BCUT2D eigenvalue weighted by Crippen LogP contribution is -2.38. The molecule has 18 heavy (non-hydrogen) atoms. The fourth-order valence-corrected chi connectivity index (χ4v) is 2.47. The van der Waals surface area contributed by atoms with Crippen molar-refractivity contribution in [3.8, 4) is 6.07 Å². The van der Waals surface area contributed by atoms with Gasteiger partial charge in [0, 0.05) is 12.0 Å². The molecule has 0 radical (unpaired) electrons. The first-order valence-electron chi connectivity index (χ1n) is 6.48. The highest BCUT2D eigenvalue weighted by Crippen LogP contribution is 2.26. The Morgan fingerprint density at radius 2 is 2.06 bits per heavy atom. The Kier molecular flexibility index (Phi) is 3.99. The van der Waals surface area contributed by atoms with Crippen molar-refractivity contribution < 1.29 is 4.79 Å². The molecule has 1 N–H and O–H groups in total. The van der Waals surface area contributed by atoms with Crippen LogP contribution in [0.15, 0.2) is 24.3 Å². The Labute approximate surface area is 108 Å². The maximum absolute atomic E-state index is 12.1. The lowest BCUT2D eigenvalue weighted by Gasteiger charge is -2.16. The zero-order valence-electron chi connectivity index (χ0n) is 10.6. The summed E-state index contributed by atoms with van der Waals surface area (Å²) in [6, 6.07) is 10.3. The van der Waals surface area contributed by atoms with Gasteiger partial charge in [-0.05, 0) is 30.4 Å². The highest BCUT2D eigenvalue weighted by atomic mass is 16.1. The van der Waals surface area contributed by atoms with E-state index in [9.17, 15) is 4.79 Å². The Hall–Kier alpha value is -1.82. The van der Waals surface area contributed by atoms with Gasteiger partial charge in [-0.2, -0.15) is 5.26 Å². The molecular weight excluding hydrogens is 224 g/mol. The van der Waals surface area contributed by atoms with Gasteiger partial charge in [-0.1, -0.05) is 31.2 Å². The number of hydrogen-bond acceptors (Lipinski definition) is 2. The molecule has 1 aromatic carbocycles. The van der Waals surface area contributed by atoms with Crippen LogP contribution in [0.2, 0.25) is 0 Å². The van der Waals surface area contributed by atoms with Crippen LogP contribution in [0.25, 0.3) is 0 Å². The molecule has 0 aromatic heterocycles. The molecular formula is C15H18N2O. The minimum Gasteiger partial charge on any atom is -0.352 e. The molecule has 0 fully saturated rings. The molecule has 3 heteroatoms. The number of hydrogen-bond donors (Lipinski definition) is 1. The summed E-state index contributed by atoms with van der Waals surface area (Å²) in [5.41, 5.74) is 2.57. The standard InChI is InChI=1S/C15H18N2O/c1-2-14(7-8-16)17-15(18)13-9-11-5-3-4-6-12(11)10-13/h3-6,13-14H,2,7,9-10H2,1H3,(H,17,18). The number of rotatable bonds is 4. The quantitative estimate of drug-likeness (QED) is 0.880. The summed E-state index contributed by atoms with van der Waals surface area (Å²) in [6.45, 7) is 1.99. The van der Waals surface area contributed by atoms with Gasteiger partial charge in [0.25, 0.3) is 0 Å². The molecule has 3 nitrogen and oxygen atoms in total. The first-order valence-corrected chi connectivity index (χ1v) is 6.48. The van der Waals surface area contributed by atoms with E-state index in [1.54, 1.807) is 0 Å². The maximum atomic E-state index is 12.1. The van der Waals surface area contributed by atoms with E-state index in [1.165, 1.54) is 11.1 Å². The molecule has 0 heterocycles. The van der Waals surface area contributed by atoms with Gasteiger partial charge in [0.1, 0.15) is 0 Å². The van der Waals surface area contributed by atoms with Crippen LogP contribution in [0, 0.1) is 17.2 Å². The van der Waals surface area contributed by atoms with Gasteiger partial charge in [0.2, 0.25) is 5.91 Å². The second-order valence-corrected chi connectivity index (χ2v) is 4.85. The largest absolute Gasteiger partial charge is 0.352 e. The number of fused-ring (bicyclic) bond motifs is 1. The number of carbonyl (C=O) groups excluding carboxylic acids is 1. The highest BCUT2D eigenvalue weighted by Gasteiger charge is 2.27. The van der Waals surface area contributed by atoms with Crippen LogP contribution >= 0.6 is 0 Å². The van der Waals surface area contributed by atoms with Crippen LogP contribution < -0.4 is 5.32 Å². The normalized spacial score (nSPS) is 15.8. The third-order valence-electron chi connectivity index (χ3n) is 3.60. The van der Waals surface area contributed by atoms with E-state index < -0.39 is 0 Å². The summed E-state index contributed by atoms with van der Waals surface area (Å²) in [5, 5.41) is 11.7. The van der Waals surface area contributed by atoms with Gasteiger partial charge >= 0.3 is 0 Å². The molecule has 1 unspecified atom stereocenters. The molecule has 0 bridgehead atoms. The number of carbonyl (C=O) groups is 1. The van der Waals surface area contributed by atoms with Gasteiger partial charge in [0.15, 0.2) is 0 Å². The van der Waals surface area contributed by atoms with E-state index in [4.69, 9.17) is 5.26 Å². The van der Waals surface area contributed by atoms with Gasteiger partial charge in [-0.3, -0.25) is 4.79 Å². The molecule has 1 amide bonds.